The monoisotopic (exact) mass is 399 g/mol. The van der Waals surface area contributed by atoms with Crippen molar-refractivity contribution < 1.29 is 0 Å². The third-order valence-electron chi connectivity index (χ3n) is 4.52. The minimum absolute atomic E-state index is 0.206. The van der Waals surface area contributed by atoms with Crippen molar-refractivity contribution in [3.63, 3.8) is 0 Å². The maximum atomic E-state index is 9.28. The topological polar surface area (TPSA) is 86.2 Å². The van der Waals surface area contributed by atoms with E-state index in [0.29, 0.717) is 23.8 Å². The molecule has 0 aliphatic carbocycles. The van der Waals surface area contributed by atoms with Gasteiger partial charge in [-0.1, -0.05) is 71.4 Å². The molecular weight excluding hydrogens is 378 g/mol. The lowest BCUT2D eigenvalue weighted by Gasteiger charge is -2.11. The first-order valence-corrected chi connectivity index (χ1v) is 10.4. The van der Waals surface area contributed by atoms with Crippen molar-refractivity contribution in [3.05, 3.63) is 59.7 Å². The fraction of sp³-hybridized carbons (Fsp3) is 0.261. The summed E-state index contributed by atoms with van der Waals surface area (Å²) < 4.78 is 0. The van der Waals surface area contributed by atoms with Crippen LogP contribution in [0.25, 0.3) is 22.5 Å². The van der Waals surface area contributed by atoms with Crippen LogP contribution in [0.4, 0.5) is 0 Å². The number of nitriles is 2. The van der Waals surface area contributed by atoms with Crippen LogP contribution in [-0.4, -0.2) is 20.9 Å². The average Bonchev–Trinajstić information content (AvgIpc) is 2.75. The van der Waals surface area contributed by atoms with E-state index in [0.717, 1.165) is 22.5 Å². The summed E-state index contributed by atoms with van der Waals surface area (Å²) in [7, 11) is 0. The quantitative estimate of drug-likeness (QED) is 0.497. The maximum absolute atomic E-state index is 9.28. The summed E-state index contributed by atoms with van der Waals surface area (Å²) in [5.41, 5.74) is 5.81. The van der Waals surface area contributed by atoms with Gasteiger partial charge in [0.1, 0.15) is 11.4 Å². The van der Waals surface area contributed by atoms with Gasteiger partial charge in [0.05, 0.1) is 18.1 Å². The Kier molecular flexibility index (Phi) is 6.94. The molecule has 0 amide bonds. The van der Waals surface area contributed by atoms with E-state index >= 15 is 0 Å². The molecule has 1 aromatic heterocycles. The zero-order valence-electron chi connectivity index (χ0n) is 16.5. The SMILES string of the molecule is Cc1ccc(-c2nnc(SC[C@H](C#N)CCC#N)nc2-c2ccc(C)cc2)cc1. The second-order valence-corrected chi connectivity index (χ2v) is 7.84. The molecule has 29 heavy (non-hydrogen) atoms. The zero-order chi connectivity index (χ0) is 20.6. The van der Waals surface area contributed by atoms with Gasteiger partial charge in [0.25, 0.3) is 0 Å². The molecular formula is C23H21N5S. The summed E-state index contributed by atoms with van der Waals surface area (Å²) in [6, 6.07) is 20.7. The molecule has 0 bridgehead atoms. The van der Waals surface area contributed by atoms with Crippen molar-refractivity contribution in [1.29, 1.82) is 10.5 Å². The van der Waals surface area contributed by atoms with Gasteiger partial charge in [-0.2, -0.15) is 10.5 Å². The first-order valence-electron chi connectivity index (χ1n) is 9.39. The standard InChI is InChI=1S/C23H21N5S/c1-16-5-9-19(10-6-16)21-22(20-11-7-17(2)8-12-20)27-28-23(26-21)29-15-18(14-25)4-3-13-24/h5-12,18H,3-4,15H2,1-2H3/t18-/m0/s1. The van der Waals surface area contributed by atoms with E-state index in [1.807, 2.05) is 50.2 Å². The van der Waals surface area contributed by atoms with Gasteiger partial charge in [0, 0.05) is 23.3 Å². The molecule has 144 valence electrons. The van der Waals surface area contributed by atoms with Crippen LogP contribution in [0.15, 0.2) is 53.7 Å². The lowest BCUT2D eigenvalue weighted by atomic mass is 10.0. The molecule has 0 fully saturated rings. The number of thioether (sulfide) groups is 1. The Morgan fingerprint density at radius 2 is 1.45 bits per heavy atom. The fourth-order valence-electron chi connectivity index (χ4n) is 2.79. The van der Waals surface area contributed by atoms with Gasteiger partial charge >= 0.3 is 0 Å². The second-order valence-electron chi connectivity index (χ2n) is 6.86. The van der Waals surface area contributed by atoms with Crippen LogP contribution in [0.3, 0.4) is 0 Å². The van der Waals surface area contributed by atoms with Gasteiger partial charge in [-0.25, -0.2) is 4.98 Å². The number of nitrogens with zero attached hydrogens (tertiary/aromatic N) is 5. The van der Waals surface area contributed by atoms with E-state index in [4.69, 9.17) is 10.2 Å². The van der Waals surface area contributed by atoms with Crippen molar-refractivity contribution >= 4 is 11.8 Å². The number of aryl methyl sites for hydroxylation is 2. The van der Waals surface area contributed by atoms with Gasteiger partial charge < -0.3 is 0 Å². The van der Waals surface area contributed by atoms with Gasteiger partial charge in [-0.05, 0) is 20.3 Å². The number of hydrogen-bond donors (Lipinski definition) is 0. The highest BCUT2D eigenvalue weighted by atomic mass is 32.2. The highest BCUT2D eigenvalue weighted by Crippen LogP contribution is 2.30. The van der Waals surface area contributed by atoms with Crippen LogP contribution in [0, 0.1) is 42.4 Å². The molecule has 0 aliphatic heterocycles. The fourth-order valence-corrected chi connectivity index (χ4v) is 3.64. The van der Waals surface area contributed by atoms with Crippen LogP contribution in [0.2, 0.25) is 0 Å². The Labute approximate surface area is 175 Å². The van der Waals surface area contributed by atoms with Crippen LogP contribution in [-0.2, 0) is 0 Å². The van der Waals surface area contributed by atoms with Crippen LogP contribution >= 0.6 is 11.8 Å². The first kappa shape index (κ1) is 20.5. The Bertz CT molecular complexity index is 1050. The highest BCUT2D eigenvalue weighted by molar-refractivity contribution is 7.99. The zero-order valence-corrected chi connectivity index (χ0v) is 17.3. The van der Waals surface area contributed by atoms with Crippen molar-refractivity contribution in [1.82, 2.24) is 15.2 Å². The maximum Gasteiger partial charge on any atom is 0.209 e. The Morgan fingerprint density at radius 1 is 0.862 bits per heavy atom. The largest absolute Gasteiger partial charge is 0.219 e. The molecule has 3 rings (SSSR count). The van der Waals surface area contributed by atoms with Crippen LogP contribution < -0.4 is 0 Å². The second kappa shape index (κ2) is 9.82. The minimum atomic E-state index is -0.206. The minimum Gasteiger partial charge on any atom is -0.219 e. The average molecular weight is 400 g/mol. The third kappa shape index (κ3) is 5.40. The smallest absolute Gasteiger partial charge is 0.209 e. The molecule has 0 unspecified atom stereocenters. The Hall–Kier alpha value is -3.22. The number of hydrogen-bond acceptors (Lipinski definition) is 6. The van der Waals surface area contributed by atoms with Crippen molar-refractivity contribution in [2.45, 2.75) is 31.8 Å². The van der Waals surface area contributed by atoms with Crippen molar-refractivity contribution in [2.24, 2.45) is 5.92 Å². The summed E-state index contributed by atoms with van der Waals surface area (Å²) in [4.78, 5) is 4.77. The van der Waals surface area contributed by atoms with E-state index in [2.05, 4.69) is 34.5 Å². The molecule has 1 heterocycles. The molecule has 0 saturated heterocycles. The van der Waals surface area contributed by atoms with Gasteiger partial charge in [-0.15, -0.1) is 10.2 Å². The van der Waals surface area contributed by atoms with Gasteiger partial charge in [0.2, 0.25) is 5.16 Å². The Morgan fingerprint density at radius 3 is 2.00 bits per heavy atom. The third-order valence-corrected chi connectivity index (χ3v) is 5.52. The van der Waals surface area contributed by atoms with Crippen LogP contribution in [0.5, 0.6) is 0 Å². The number of aromatic nitrogens is 3. The predicted octanol–water partition coefficient (Wildman–Crippen LogP) is 5.36. The summed E-state index contributed by atoms with van der Waals surface area (Å²) in [6.45, 7) is 4.10. The predicted molar refractivity (Wildman–Crippen MR) is 115 cm³/mol. The molecule has 0 radical (unpaired) electrons. The summed E-state index contributed by atoms with van der Waals surface area (Å²) >= 11 is 1.41. The molecule has 0 aliphatic rings. The van der Waals surface area contributed by atoms with E-state index < -0.39 is 0 Å². The molecule has 2 aromatic carbocycles. The van der Waals surface area contributed by atoms with E-state index in [-0.39, 0.29) is 5.92 Å². The van der Waals surface area contributed by atoms with Gasteiger partial charge in [-0.3, -0.25) is 0 Å². The van der Waals surface area contributed by atoms with Crippen LogP contribution in [0.1, 0.15) is 24.0 Å². The van der Waals surface area contributed by atoms with Crippen molar-refractivity contribution in [2.75, 3.05) is 5.75 Å². The normalized spacial score (nSPS) is 11.4. The summed E-state index contributed by atoms with van der Waals surface area (Å²) in [5.74, 6) is 0.333. The molecule has 0 spiro atoms. The summed E-state index contributed by atoms with van der Waals surface area (Å²) in [6.07, 6.45) is 0.929. The summed E-state index contributed by atoms with van der Waals surface area (Å²) in [5, 5.41) is 27.3. The van der Waals surface area contributed by atoms with E-state index in [1.54, 1.807) is 0 Å². The van der Waals surface area contributed by atoms with Crippen molar-refractivity contribution in [3.8, 4) is 34.7 Å². The molecule has 1 atom stereocenters. The van der Waals surface area contributed by atoms with Gasteiger partial charge in [0.15, 0.2) is 0 Å². The molecule has 5 nitrogen and oxygen atoms in total. The van der Waals surface area contributed by atoms with E-state index in [9.17, 15) is 5.26 Å². The lowest BCUT2D eigenvalue weighted by Crippen LogP contribution is -2.03. The number of rotatable bonds is 7. The first-order chi connectivity index (χ1) is 14.1. The molecule has 3 aromatic rings. The molecule has 0 saturated carbocycles. The Balaban J connectivity index is 1.94. The molecule has 0 N–H and O–H groups in total. The number of benzene rings is 2. The van der Waals surface area contributed by atoms with E-state index in [1.165, 1.54) is 22.9 Å². The molecule has 6 heteroatoms. The highest BCUT2D eigenvalue weighted by Gasteiger charge is 2.15. The lowest BCUT2D eigenvalue weighted by molar-refractivity contribution is 0.683.